The number of amidine groups is 1. The molecule has 3 N–H and O–H groups in total. The fourth-order valence-electron chi connectivity index (χ4n) is 3.06. The molecule has 2 atom stereocenters. The minimum atomic E-state index is -0.851. The van der Waals surface area contributed by atoms with E-state index in [0.29, 0.717) is 5.92 Å². The van der Waals surface area contributed by atoms with Gasteiger partial charge in [-0.2, -0.15) is 0 Å². The van der Waals surface area contributed by atoms with Crippen molar-refractivity contribution in [1.82, 2.24) is 10.2 Å². The summed E-state index contributed by atoms with van der Waals surface area (Å²) in [4.78, 5) is 38.5. The van der Waals surface area contributed by atoms with Crippen LogP contribution in [0.5, 0.6) is 0 Å². The second kappa shape index (κ2) is 13.2. The van der Waals surface area contributed by atoms with Crippen molar-refractivity contribution in [2.45, 2.75) is 58.9 Å². The number of nitrogens with zero attached hydrogens (tertiary/aromatic N) is 1. The molecule has 0 aliphatic heterocycles. The highest BCUT2D eigenvalue weighted by Gasteiger charge is 2.24. The number of ketones is 1. The van der Waals surface area contributed by atoms with E-state index >= 15 is 0 Å². The summed E-state index contributed by atoms with van der Waals surface area (Å²) in [7, 11) is 3.41. The van der Waals surface area contributed by atoms with Crippen molar-refractivity contribution in [1.29, 1.82) is 10.8 Å². The second-order valence-electron chi connectivity index (χ2n) is 8.71. The Morgan fingerprint density at radius 1 is 1.03 bits per heavy atom. The number of amides is 1. The summed E-state index contributed by atoms with van der Waals surface area (Å²) in [5.41, 5.74) is 2.26. The molecule has 0 heterocycles. The summed E-state index contributed by atoms with van der Waals surface area (Å²) < 4.78 is 0. The predicted octanol–water partition coefficient (Wildman–Crippen LogP) is 3.66. The van der Waals surface area contributed by atoms with Crippen molar-refractivity contribution in [3.63, 3.8) is 0 Å². The molecule has 0 radical (unpaired) electrons. The van der Waals surface area contributed by atoms with Crippen LogP contribution in [0.1, 0.15) is 57.6 Å². The van der Waals surface area contributed by atoms with Crippen LogP contribution >= 0.6 is 11.8 Å². The third-order valence-corrected chi connectivity index (χ3v) is 6.08. The number of thioether (sulfide) groups is 1. The summed E-state index contributed by atoms with van der Waals surface area (Å²) in [5, 5.41) is 18.3. The van der Waals surface area contributed by atoms with E-state index < -0.39 is 6.04 Å². The van der Waals surface area contributed by atoms with Crippen molar-refractivity contribution in [3.8, 4) is 0 Å². The van der Waals surface area contributed by atoms with Crippen molar-refractivity contribution in [3.05, 3.63) is 35.4 Å². The molecule has 7 nitrogen and oxygen atoms in total. The van der Waals surface area contributed by atoms with E-state index in [0.717, 1.165) is 23.7 Å². The lowest BCUT2D eigenvalue weighted by Crippen LogP contribution is -2.42. The molecule has 0 bridgehead atoms. The molecular formula is C24H36N4O3S. The van der Waals surface area contributed by atoms with Gasteiger partial charge >= 0.3 is 0 Å². The highest BCUT2D eigenvalue weighted by molar-refractivity contribution is 8.13. The molecule has 1 rings (SSSR count). The third-order valence-electron chi connectivity index (χ3n) is 4.94. The van der Waals surface area contributed by atoms with Gasteiger partial charge in [-0.3, -0.25) is 19.8 Å². The van der Waals surface area contributed by atoms with Gasteiger partial charge in [0, 0.05) is 45.3 Å². The van der Waals surface area contributed by atoms with Gasteiger partial charge in [-0.1, -0.05) is 56.8 Å². The minimum Gasteiger partial charge on any atom is -0.366 e. The van der Waals surface area contributed by atoms with Gasteiger partial charge in [0.2, 0.25) is 5.91 Å². The molecule has 0 aromatic heterocycles. The molecule has 1 aromatic carbocycles. The SMILES string of the molecule is CC(=O)NC(CSC(=O)C(C)c1ccc(CC(C)C)cc1)C(=O)CC(=N)CC(=N)N(C)C. The van der Waals surface area contributed by atoms with Gasteiger partial charge < -0.3 is 15.6 Å². The monoisotopic (exact) mass is 460 g/mol. The quantitative estimate of drug-likeness (QED) is 0.325. The van der Waals surface area contributed by atoms with Crippen LogP contribution in [0.4, 0.5) is 0 Å². The summed E-state index contributed by atoms with van der Waals surface area (Å²) in [6, 6.07) is 7.18. The van der Waals surface area contributed by atoms with Crippen molar-refractivity contribution in [2.24, 2.45) is 5.92 Å². The first kappa shape index (κ1) is 27.6. The second-order valence-corrected chi connectivity index (χ2v) is 9.73. The first-order valence-corrected chi connectivity index (χ1v) is 11.8. The van der Waals surface area contributed by atoms with E-state index in [1.807, 2.05) is 31.2 Å². The van der Waals surface area contributed by atoms with Crippen LogP contribution in [0.3, 0.4) is 0 Å². The molecule has 0 fully saturated rings. The molecule has 1 aromatic rings. The van der Waals surface area contributed by atoms with Gasteiger partial charge in [0.1, 0.15) is 5.84 Å². The zero-order chi connectivity index (χ0) is 24.4. The van der Waals surface area contributed by atoms with Gasteiger partial charge in [-0.25, -0.2) is 0 Å². The predicted molar refractivity (Wildman–Crippen MR) is 132 cm³/mol. The molecule has 176 valence electrons. The standard InChI is InChI=1S/C24H36N4O3S/c1-15(2)11-18-7-9-19(10-8-18)16(3)24(31)32-14-21(27-17(4)29)22(30)12-20(25)13-23(26)28(5)6/h7-10,15-16,21,25-26H,11-14H2,1-6H3,(H,27,29). The largest absolute Gasteiger partial charge is 0.366 e. The highest BCUT2D eigenvalue weighted by Crippen LogP contribution is 2.24. The molecule has 32 heavy (non-hydrogen) atoms. The molecule has 0 spiro atoms. The van der Waals surface area contributed by atoms with Crippen LogP contribution in [0, 0.1) is 16.7 Å². The average molecular weight is 461 g/mol. The van der Waals surface area contributed by atoms with E-state index in [1.165, 1.54) is 12.5 Å². The molecule has 0 saturated carbocycles. The van der Waals surface area contributed by atoms with Gasteiger partial charge in [0.05, 0.1) is 12.0 Å². The first-order valence-electron chi connectivity index (χ1n) is 10.8. The van der Waals surface area contributed by atoms with E-state index in [2.05, 4.69) is 19.2 Å². The van der Waals surface area contributed by atoms with Crippen LogP contribution in [0.2, 0.25) is 0 Å². The number of Topliss-reactive ketones (excluding diaryl/α,β-unsaturated/α-hetero) is 1. The Kier molecular flexibility index (Phi) is 11.3. The lowest BCUT2D eigenvalue weighted by Gasteiger charge is -2.19. The smallest absolute Gasteiger partial charge is 0.217 e. The topological polar surface area (TPSA) is 114 Å². The maximum Gasteiger partial charge on any atom is 0.217 e. The lowest BCUT2D eigenvalue weighted by molar-refractivity contribution is -0.125. The van der Waals surface area contributed by atoms with Gasteiger partial charge in [0.15, 0.2) is 10.9 Å². The van der Waals surface area contributed by atoms with E-state index in [9.17, 15) is 14.4 Å². The number of benzene rings is 1. The number of hydrogen-bond donors (Lipinski definition) is 3. The van der Waals surface area contributed by atoms with Crippen LogP contribution in [0.15, 0.2) is 24.3 Å². The summed E-state index contributed by atoms with van der Waals surface area (Å²) >= 11 is 1.02. The molecule has 2 unspecified atom stereocenters. The number of carbonyl (C=O) groups excluding carboxylic acids is 3. The Morgan fingerprint density at radius 2 is 1.62 bits per heavy atom. The van der Waals surface area contributed by atoms with Crippen LogP contribution in [-0.2, 0) is 20.8 Å². The molecule has 0 aliphatic rings. The zero-order valence-electron chi connectivity index (χ0n) is 20.0. The number of rotatable bonds is 12. The fourth-order valence-corrected chi connectivity index (χ4v) is 4.04. The average Bonchev–Trinajstić information content (AvgIpc) is 2.69. The third kappa shape index (κ3) is 9.77. The van der Waals surface area contributed by atoms with Crippen molar-refractivity contribution >= 4 is 40.1 Å². The summed E-state index contributed by atoms with van der Waals surface area (Å²) in [5.74, 6) is -0.114. The van der Waals surface area contributed by atoms with Crippen molar-refractivity contribution < 1.29 is 14.4 Å². The Bertz CT molecular complexity index is 834. The zero-order valence-corrected chi connectivity index (χ0v) is 20.8. The first-order chi connectivity index (χ1) is 14.9. The number of hydrogen-bond acceptors (Lipinski definition) is 6. The summed E-state index contributed by atoms with van der Waals surface area (Å²) in [6.45, 7) is 7.49. The van der Waals surface area contributed by atoms with Gasteiger partial charge in [-0.05, 0) is 23.5 Å². The van der Waals surface area contributed by atoms with E-state index in [-0.39, 0.29) is 52.9 Å². The fraction of sp³-hybridized carbons (Fsp3) is 0.542. The minimum absolute atomic E-state index is 0.0709. The molecule has 0 aliphatic carbocycles. The molecular weight excluding hydrogens is 424 g/mol. The van der Waals surface area contributed by atoms with Gasteiger partial charge in [-0.15, -0.1) is 0 Å². The van der Waals surface area contributed by atoms with Crippen LogP contribution in [-0.4, -0.2) is 59.1 Å². The van der Waals surface area contributed by atoms with Crippen LogP contribution in [0.25, 0.3) is 0 Å². The van der Waals surface area contributed by atoms with Crippen LogP contribution < -0.4 is 5.32 Å². The summed E-state index contributed by atoms with van der Waals surface area (Å²) in [6.07, 6.45) is 0.894. The van der Waals surface area contributed by atoms with E-state index in [1.54, 1.807) is 19.0 Å². The Hall–Kier alpha value is -2.48. The Balaban J connectivity index is 2.71. The van der Waals surface area contributed by atoms with E-state index in [4.69, 9.17) is 10.8 Å². The molecule has 0 saturated heterocycles. The molecule has 1 amide bonds. The van der Waals surface area contributed by atoms with Crippen molar-refractivity contribution in [2.75, 3.05) is 19.8 Å². The maximum atomic E-state index is 12.7. The normalized spacial score (nSPS) is 12.7. The maximum absolute atomic E-state index is 12.7. The van der Waals surface area contributed by atoms with Gasteiger partial charge in [0.25, 0.3) is 0 Å². The highest BCUT2D eigenvalue weighted by atomic mass is 32.2. The molecule has 8 heteroatoms. The number of nitrogens with one attached hydrogen (secondary N) is 3. The Labute approximate surface area is 195 Å². The lowest BCUT2D eigenvalue weighted by atomic mass is 9.97. The number of carbonyl (C=O) groups is 3. The Morgan fingerprint density at radius 3 is 2.12 bits per heavy atom.